The molecule has 3 aromatic rings. The minimum atomic E-state index is -0.236. The van der Waals surface area contributed by atoms with Crippen molar-refractivity contribution in [3.8, 4) is 0 Å². The van der Waals surface area contributed by atoms with Gasteiger partial charge in [0.25, 0.3) is 5.56 Å². The van der Waals surface area contributed by atoms with Gasteiger partial charge in [-0.1, -0.05) is 48.5 Å². The fraction of sp³-hybridized carbons (Fsp3) is 0.250. The summed E-state index contributed by atoms with van der Waals surface area (Å²) in [5, 5.41) is 11.0. The molecule has 1 aliphatic rings. The first kappa shape index (κ1) is 15.6. The van der Waals surface area contributed by atoms with Gasteiger partial charge in [0.15, 0.2) is 0 Å². The van der Waals surface area contributed by atoms with E-state index in [0.717, 1.165) is 23.8 Å². The first-order valence-corrected chi connectivity index (χ1v) is 8.53. The second kappa shape index (κ2) is 6.51. The lowest BCUT2D eigenvalue weighted by Crippen LogP contribution is -2.31. The number of aromatic amines is 1. The molecule has 1 aromatic heterocycles. The number of aromatic nitrogens is 2. The van der Waals surface area contributed by atoms with Gasteiger partial charge in [0, 0.05) is 5.39 Å². The molecule has 0 bridgehead atoms. The van der Waals surface area contributed by atoms with E-state index in [0.29, 0.717) is 17.0 Å². The van der Waals surface area contributed by atoms with Crippen molar-refractivity contribution >= 4 is 16.7 Å². The smallest absolute Gasteiger partial charge is 0.272 e. The molecule has 5 heteroatoms. The van der Waals surface area contributed by atoms with Gasteiger partial charge in [-0.25, -0.2) is 5.10 Å². The average Bonchev–Trinajstić information content (AvgIpc) is 3.48. The molecule has 1 fully saturated rings. The molecule has 1 aliphatic carbocycles. The van der Waals surface area contributed by atoms with E-state index in [1.165, 1.54) is 0 Å². The molecule has 5 nitrogen and oxygen atoms in total. The number of nitrogens with one attached hydrogen (secondary N) is 2. The zero-order valence-electron chi connectivity index (χ0n) is 13.7. The second-order valence-corrected chi connectivity index (χ2v) is 6.52. The maximum Gasteiger partial charge on any atom is 0.272 e. The van der Waals surface area contributed by atoms with Crippen molar-refractivity contribution in [1.29, 1.82) is 0 Å². The zero-order chi connectivity index (χ0) is 17.2. The Labute approximate surface area is 145 Å². The molecule has 126 valence electrons. The highest BCUT2D eigenvalue weighted by Crippen LogP contribution is 2.40. The summed E-state index contributed by atoms with van der Waals surface area (Å²) in [6.07, 6.45) is 2.42. The minimum Gasteiger partial charge on any atom is -0.349 e. The third kappa shape index (κ3) is 3.31. The number of rotatable bonds is 5. The van der Waals surface area contributed by atoms with E-state index in [1.54, 1.807) is 12.1 Å². The highest BCUT2D eigenvalue weighted by Gasteiger charge is 2.33. The van der Waals surface area contributed by atoms with Crippen LogP contribution in [0.25, 0.3) is 10.8 Å². The van der Waals surface area contributed by atoms with E-state index in [4.69, 9.17) is 0 Å². The van der Waals surface area contributed by atoms with Crippen LogP contribution in [0.4, 0.5) is 0 Å². The fourth-order valence-electron chi connectivity index (χ4n) is 3.25. The second-order valence-electron chi connectivity index (χ2n) is 6.52. The molecule has 2 N–H and O–H groups in total. The molecule has 0 radical (unpaired) electrons. The highest BCUT2D eigenvalue weighted by molar-refractivity contribution is 5.88. The van der Waals surface area contributed by atoms with E-state index in [2.05, 4.69) is 27.6 Å². The Morgan fingerprint density at radius 2 is 1.76 bits per heavy atom. The summed E-state index contributed by atoms with van der Waals surface area (Å²) in [5.74, 6) is 0.428. The number of benzene rings is 2. The summed E-state index contributed by atoms with van der Waals surface area (Å²) < 4.78 is 0. The lowest BCUT2D eigenvalue weighted by molar-refractivity contribution is -0.121. The summed E-state index contributed by atoms with van der Waals surface area (Å²) in [5.41, 5.74) is 1.49. The third-order valence-corrected chi connectivity index (χ3v) is 4.67. The van der Waals surface area contributed by atoms with Crippen molar-refractivity contribution in [2.45, 2.75) is 25.3 Å². The largest absolute Gasteiger partial charge is 0.349 e. The molecule has 4 rings (SSSR count). The van der Waals surface area contributed by atoms with Gasteiger partial charge in [0.1, 0.15) is 0 Å². The number of carbonyl (C=O) groups excluding carboxylic acids is 1. The van der Waals surface area contributed by atoms with Gasteiger partial charge in [-0.05, 0) is 30.4 Å². The van der Waals surface area contributed by atoms with Gasteiger partial charge in [0.05, 0.1) is 23.5 Å². The van der Waals surface area contributed by atoms with Crippen molar-refractivity contribution in [2.24, 2.45) is 5.92 Å². The lowest BCUT2D eigenvalue weighted by Gasteiger charge is -2.19. The topological polar surface area (TPSA) is 74.8 Å². The summed E-state index contributed by atoms with van der Waals surface area (Å²) in [6, 6.07) is 17.3. The SMILES string of the molecule is O=C(Cc1n[nH]c(=O)c2ccccc12)N[C@@H](c1ccccc1)C1CC1. The van der Waals surface area contributed by atoms with Crippen LogP contribution in [0.5, 0.6) is 0 Å². The Kier molecular flexibility index (Phi) is 4.06. The summed E-state index contributed by atoms with van der Waals surface area (Å²) in [7, 11) is 0. The predicted molar refractivity (Wildman–Crippen MR) is 96.1 cm³/mol. The van der Waals surface area contributed by atoms with Crippen LogP contribution in [0.3, 0.4) is 0 Å². The van der Waals surface area contributed by atoms with Gasteiger partial charge < -0.3 is 5.32 Å². The predicted octanol–water partition coefficient (Wildman–Crippen LogP) is 2.73. The molecule has 1 atom stereocenters. The van der Waals surface area contributed by atoms with Crippen LogP contribution in [0.1, 0.15) is 30.1 Å². The number of amides is 1. The summed E-state index contributed by atoms with van der Waals surface area (Å²) >= 11 is 0. The molecule has 1 amide bonds. The molecular formula is C20H19N3O2. The van der Waals surface area contributed by atoms with Crippen LogP contribution < -0.4 is 10.9 Å². The Balaban J connectivity index is 1.56. The first-order chi connectivity index (χ1) is 12.2. The van der Waals surface area contributed by atoms with Gasteiger partial charge in [-0.15, -0.1) is 0 Å². The van der Waals surface area contributed by atoms with Gasteiger partial charge in [-0.2, -0.15) is 5.10 Å². The van der Waals surface area contributed by atoms with Crippen LogP contribution in [0.15, 0.2) is 59.4 Å². The molecular weight excluding hydrogens is 314 g/mol. The Hall–Kier alpha value is -2.95. The molecule has 0 spiro atoms. The van der Waals surface area contributed by atoms with Gasteiger partial charge in [-0.3, -0.25) is 9.59 Å². The van der Waals surface area contributed by atoms with Crippen molar-refractivity contribution in [3.05, 3.63) is 76.2 Å². The van der Waals surface area contributed by atoms with Gasteiger partial charge >= 0.3 is 0 Å². The minimum absolute atomic E-state index is 0.0442. The lowest BCUT2D eigenvalue weighted by atomic mass is 10.0. The van der Waals surface area contributed by atoms with E-state index >= 15 is 0 Å². The Bertz CT molecular complexity index is 961. The van der Waals surface area contributed by atoms with Crippen LogP contribution in [0.2, 0.25) is 0 Å². The van der Waals surface area contributed by atoms with E-state index in [9.17, 15) is 9.59 Å². The van der Waals surface area contributed by atoms with Crippen molar-refractivity contribution < 1.29 is 4.79 Å². The maximum absolute atomic E-state index is 12.6. The Morgan fingerprint density at radius 3 is 2.48 bits per heavy atom. The van der Waals surface area contributed by atoms with Crippen LogP contribution in [-0.2, 0) is 11.2 Å². The molecule has 2 aromatic carbocycles. The maximum atomic E-state index is 12.6. The molecule has 0 unspecified atom stereocenters. The number of H-pyrrole nitrogens is 1. The third-order valence-electron chi connectivity index (χ3n) is 4.67. The number of fused-ring (bicyclic) bond motifs is 1. The van der Waals surface area contributed by atoms with Crippen LogP contribution in [0, 0.1) is 5.92 Å². The average molecular weight is 333 g/mol. The number of nitrogens with zero attached hydrogens (tertiary/aromatic N) is 1. The quantitative estimate of drug-likeness (QED) is 0.754. The fourth-order valence-corrected chi connectivity index (χ4v) is 3.25. The van der Waals surface area contributed by atoms with E-state index in [-0.39, 0.29) is 23.9 Å². The molecule has 0 saturated heterocycles. The summed E-state index contributed by atoms with van der Waals surface area (Å²) in [6.45, 7) is 0. The molecule has 0 aliphatic heterocycles. The summed E-state index contributed by atoms with van der Waals surface area (Å²) in [4.78, 5) is 24.5. The number of hydrogen-bond acceptors (Lipinski definition) is 3. The molecule has 25 heavy (non-hydrogen) atoms. The highest BCUT2D eigenvalue weighted by atomic mass is 16.1. The van der Waals surface area contributed by atoms with Crippen molar-refractivity contribution in [1.82, 2.24) is 15.5 Å². The zero-order valence-corrected chi connectivity index (χ0v) is 13.7. The molecule has 1 heterocycles. The van der Waals surface area contributed by atoms with Crippen molar-refractivity contribution in [2.75, 3.05) is 0 Å². The van der Waals surface area contributed by atoms with E-state index < -0.39 is 0 Å². The standard InChI is InChI=1S/C20H19N3O2/c24-18(21-19(14-10-11-14)13-6-2-1-3-7-13)12-17-15-8-4-5-9-16(15)20(25)23-22-17/h1-9,14,19H,10-12H2,(H,21,24)(H,23,25)/t19-/m0/s1. The van der Waals surface area contributed by atoms with E-state index in [1.807, 2.05) is 30.3 Å². The monoisotopic (exact) mass is 333 g/mol. The number of carbonyl (C=O) groups is 1. The van der Waals surface area contributed by atoms with Crippen LogP contribution in [-0.4, -0.2) is 16.1 Å². The van der Waals surface area contributed by atoms with Gasteiger partial charge in [0.2, 0.25) is 5.91 Å². The normalized spacial score (nSPS) is 15.0. The first-order valence-electron chi connectivity index (χ1n) is 8.53. The Morgan fingerprint density at radius 1 is 1.08 bits per heavy atom. The van der Waals surface area contributed by atoms with Crippen LogP contribution >= 0.6 is 0 Å². The van der Waals surface area contributed by atoms with Crippen molar-refractivity contribution in [3.63, 3.8) is 0 Å². The number of hydrogen-bond donors (Lipinski definition) is 2. The molecule has 1 saturated carbocycles.